The van der Waals surface area contributed by atoms with Gasteiger partial charge in [0.1, 0.15) is 24.0 Å². The Bertz CT molecular complexity index is 2410. The molecule has 7 aliphatic heterocycles. The number of hydrogen-bond donors (Lipinski definition) is 3. The number of aryl methyl sites for hydroxylation is 1. The van der Waals surface area contributed by atoms with Crippen molar-refractivity contribution in [1.82, 2.24) is 15.1 Å². The second-order valence-electron chi connectivity index (χ2n) is 17.4. The normalized spacial score (nSPS) is 27.4. The number of carbonyl (C=O) groups excluding carboxylic acids is 2. The van der Waals surface area contributed by atoms with Crippen LogP contribution in [0, 0.1) is 25.2 Å². The number of ether oxygens (including phenoxy) is 7. The van der Waals surface area contributed by atoms with Crippen LogP contribution in [0.3, 0.4) is 0 Å². The first-order valence-corrected chi connectivity index (χ1v) is 21.5. The van der Waals surface area contributed by atoms with Gasteiger partial charge in [-0.1, -0.05) is 12.1 Å². The smallest absolute Gasteiger partial charge is 0.507 e. The van der Waals surface area contributed by atoms with Crippen molar-refractivity contribution in [3.8, 4) is 46.3 Å². The maximum atomic E-state index is 15.0. The van der Waals surface area contributed by atoms with E-state index in [1.165, 1.54) is 26.0 Å². The number of aromatic hydroxyl groups is 2. The number of benzene rings is 3. The first-order valence-electron chi connectivity index (χ1n) is 20.4. The van der Waals surface area contributed by atoms with Crippen molar-refractivity contribution < 1.29 is 53.0 Å². The lowest BCUT2D eigenvalue weighted by molar-refractivity contribution is -0.157. The molecule has 10 rings (SSSR count). The Kier molecular flexibility index (Phi) is 10.0. The Labute approximate surface area is 358 Å². The fraction of sp³-hybridized carbons (Fsp3) is 0.489. The average molecular weight is 855 g/mol. The largest absolute Gasteiger partial charge is 0.514 e. The molecule has 2 saturated heterocycles. The van der Waals surface area contributed by atoms with Crippen LogP contribution in [0.4, 0.5) is 4.79 Å². The van der Waals surface area contributed by atoms with Gasteiger partial charge in [-0.25, -0.2) is 9.59 Å². The fourth-order valence-electron chi connectivity index (χ4n) is 10.6. The van der Waals surface area contributed by atoms with E-state index in [0.29, 0.717) is 71.0 Å². The molecule has 1 spiro atoms. The maximum absolute atomic E-state index is 15.0. The van der Waals surface area contributed by atoms with Gasteiger partial charge in [-0.15, -0.1) is 18.3 Å². The van der Waals surface area contributed by atoms with Crippen LogP contribution in [0.15, 0.2) is 30.9 Å². The number of phenolic OH excluding ortho intramolecular Hbond substituents is 2. The van der Waals surface area contributed by atoms with Gasteiger partial charge < -0.3 is 43.4 Å². The van der Waals surface area contributed by atoms with Crippen LogP contribution in [-0.2, 0) is 32.6 Å². The molecule has 15 nitrogen and oxygen atoms in total. The first kappa shape index (κ1) is 41.0. The molecule has 0 radical (unpaired) electrons. The molecule has 7 heterocycles. The highest BCUT2D eigenvalue weighted by Gasteiger charge is 2.62. The summed E-state index contributed by atoms with van der Waals surface area (Å²) in [4.78, 5) is 32.2. The van der Waals surface area contributed by atoms with Gasteiger partial charge in [0, 0.05) is 53.2 Å². The Hall–Kier alpha value is -5.34. The van der Waals surface area contributed by atoms with E-state index in [0.717, 1.165) is 16.7 Å². The number of nitriles is 1. The molecule has 0 aromatic heterocycles. The highest BCUT2D eigenvalue weighted by atomic mass is 32.2. The number of rotatable bonds is 5. The Morgan fingerprint density at radius 3 is 2.54 bits per heavy atom. The average Bonchev–Trinajstić information content (AvgIpc) is 3.70. The van der Waals surface area contributed by atoms with Crippen molar-refractivity contribution in [3.63, 3.8) is 0 Å². The summed E-state index contributed by atoms with van der Waals surface area (Å²) in [7, 11) is 2.99. The van der Waals surface area contributed by atoms with Crippen LogP contribution in [0.5, 0.6) is 40.2 Å². The van der Waals surface area contributed by atoms with Crippen LogP contribution >= 0.6 is 11.8 Å². The summed E-state index contributed by atoms with van der Waals surface area (Å²) in [5.74, 6) is 1.20. The number of nitrogens with zero attached hydrogens (tertiary/aromatic N) is 3. The van der Waals surface area contributed by atoms with E-state index in [4.69, 9.17) is 33.2 Å². The number of phenols is 2. The summed E-state index contributed by atoms with van der Waals surface area (Å²) in [6.07, 6.45) is 1.88. The van der Waals surface area contributed by atoms with Crippen LogP contribution in [0.1, 0.15) is 82.6 Å². The lowest BCUT2D eigenvalue weighted by Gasteiger charge is -2.62. The predicted molar refractivity (Wildman–Crippen MR) is 223 cm³/mol. The quantitative estimate of drug-likeness (QED) is 0.156. The van der Waals surface area contributed by atoms with Gasteiger partial charge in [-0.3, -0.25) is 15.1 Å². The SMILES string of the molecule is C=CCN1[C@@H]2c3c(cc(C)c(OC)c3O)C[C@@H]1[C@H](C#N)N1C2[C@@H]2SC[C@]3(NCCc4cc(OC(=O)OC(C)(C)C)c(OC)cc43)C(=O)OC[C@H]1c1c3c(c(C)c(O)c12)OCO3. The molecule has 0 amide bonds. The summed E-state index contributed by atoms with van der Waals surface area (Å²) in [5, 5.41) is 38.8. The van der Waals surface area contributed by atoms with Gasteiger partial charge in [0.15, 0.2) is 40.0 Å². The van der Waals surface area contributed by atoms with Crippen LogP contribution in [0.2, 0.25) is 0 Å². The molecular weight excluding hydrogens is 805 g/mol. The molecule has 0 saturated carbocycles. The van der Waals surface area contributed by atoms with Gasteiger partial charge in [0.2, 0.25) is 6.79 Å². The highest BCUT2D eigenvalue weighted by Crippen LogP contribution is 2.64. The fourth-order valence-corrected chi connectivity index (χ4v) is 12.3. The van der Waals surface area contributed by atoms with Crippen molar-refractivity contribution in [1.29, 1.82) is 5.26 Å². The number of fused-ring (bicyclic) bond motifs is 9. The molecule has 16 heteroatoms. The van der Waals surface area contributed by atoms with Crippen LogP contribution < -0.4 is 29.0 Å². The van der Waals surface area contributed by atoms with E-state index in [1.807, 2.05) is 19.1 Å². The molecule has 3 aromatic rings. The van der Waals surface area contributed by atoms with E-state index in [1.54, 1.807) is 39.8 Å². The molecule has 4 bridgehead atoms. The number of piperazine rings is 1. The zero-order chi connectivity index (χ0) is 43.3. The van der Waals surface area contributed by atoms with Gasteiger partial charge in [-0.05, 0) is 81.8 Å². The van der Waals surface area contributed by atoms with Gasteiger partial charge in [0.05, 0.1) is 37.6 Å². The molecule has 0 aliphatic carbocycles. The minimum atomic E-state index is -1.43. The molecule has 1 unspecified atom stereocenters. The zero-order valence-corrected chi connectivity index (χ0v) is 36.1. The Morgan fingerprint density at radius 2 is 1.84 bits per heavy atom. The van der Waals surface area contributed by atoms with Crippen LogP contribution in [0.25, 0.3) is 0 Å². The number of hydrogen-bond acceptors (Lipinski definition) is 16. The molecule has 61 heavy (non-hydrogen) atoms. The third-order valence-corrected chi connectivity index (χ3v) is 14.4. The highest BCUT2D eigenvalue weighted by molar-refractivity contribution is 7.99. The molecule has 3 aromatic carbocycles. The number of carbonyl (C=O) groups is 2. The summed E-state index contributed by atoms with van der Waals surface area (Å²) >= 11 is 1.45. The molecule has 7 aliphatic rings. The minimum absolute atomic E-state index is 0.0249. The van der Waals surface area contributed by atoms with Crippen LogP contribution in [-0.4, -0.2) is 102 Å². The summed E-state index contributed by atoms with van der Waals surface area (Å²) < 4.78 is 41.3. The second kappa shape index (κ2) is 14.9. The van der Waals surface area contributed by atoms with E-state index in [9.17, 15) is 25.1 Å². The third kappa shape index (κ3) is 6.18. The molecule has 7 atom stereocenters. The molecule has 3 N–H and O–H groups in total. The lowest BCUT2D eigenvalue weighted by Crippen LogP contribution is -2.70. The number of thioether (sulfide) groups is 1. The van der Waals surface area contributed by atoms with Crippen molar-refractivity contribution in [2.75, 3.05) is 46.5 Å². The zero-order valence-electron chi connectivity index (χ0n) is 35.2. The second-order valence-corrected chi connectivity index (χ2v) is 18.5. The standard InChI is InChI=1S/C45H50N4O11S/c1-9-12-48-26-14-24-13-21(2)38(55-8)37(51)31(24)34(48)35-41-33-32(40-39(57-20-58-40)22(3)36(33)50)28(49(35)27(26)17-46)18-56-42(52)45(19-61-41)25-16-29(54-7)30(15-23(25)10-11-47-45)59-43(53)60-44(4,5)6/h9,13,15-16,26-28,34-35,41,47,50-51H,1,10-12,14,18-20H2,2-8H3/t26-,27+,28+,34-,35?,41-,45-/m1/s1. The topological polar surface area (TPSA) is 182 Å². The lowest BCUT2D eigenvalue weighted by atomic mass is 9.71. The van der Waals surface area contributed by atoms with E-state index >= 15 is 0 Å². The maximum Gasteiger partial charge on any atom is 0.514 e. The number of esters is 1. The summed E-state index contributed by atoms with van der Waals surface area (Å²) in [5.41, 5.74) is 3.21. The first-order chi connectivity index (χ1) is 29.2. The Morgan fingerprint density at radius 1 is 1.07 bits per heavy atom. The minimum Gasteiger partial charge on any atom is -0.507 e. The summed E-state index contributed by atoms with van der Waals surface area (Å²) in [6, 6.07) is 5.14. The third-order valence-electron chi connectivity index (χ3n) is 12.9. The monoisotopic (exact) mass is 854 g/mol. The van der Waals surface area contributed by atoms with E-state index < -0.39 is 52.7 Å². The van der Waals surface area contributed by atoms with E-state index in [2.05, 4.69) is 27.8 Å². The molecule has 2 fully saturated rings. The van der Waals surface area contributed by atoms with Crippen molar-refractivity contribution >= 4 is 23.9 Å². The van der Waals surface area contributed by atoms with Gasteiger partial charge >= 0.3 is 12.1 Å². The predicted octanol–water partition coefficient (Wildman–Crippen LogP) is 5.93. The van der Waals surface area contributed by atoms with E-state index in [-0.39, 0.29) is 48.2 Å². The molecular formula is C45H50N4O11S. The van der Waals surface area contributed by atoms with Gasteiger partial charge in [0.25, 0.3) is 0 Å². The van der Waals surface area contributed by atoms with Gasteiger partial charge in [-0.2, -0.15) is 5.26 Å². The summed E-state index contributed by atoms with van der Waals surface area (Å²) in [6.45, 7) is 13.5. The number of methoxy groups -OCH3 is 2. The van der Waals surface area contributed by atoms with Crippen molar-refractivity contribution in [2.24, 2.45) is 0 Å². The van der Waals surface area contributed by atoms with Crippen molar-refractivity contribution in [2.45, 2.75) is 94.1 Å². The van der Waals surface area contributed by atoms with Crippen molar-refractivity contribution in [3.05, 3.63) is 75.4 Å². The number of nitrogens with one attached hydrogen (secondary N) is 1. The Balaban J connectivity index is 1.25. The molecule has 322 valence electrons.